The van der Waals surface area contributed by atoms with Crippen molar-refractivity contribution in [3.05, 3.63) is 58.9 Å². The first-order valence-electron chi connectivity index (χ1n) is 4.81. The predicted molar refractivity (Wildman–Crippen MR) is 65.7 cm³/mol. The second-order valence-corrected chi connectivity index (χ2v) is 3.74. The average Bonchev–Trinajstić information content (AvgIpc) is 2.78. The van der Waals surface area contributed by atoms with Gasteiger partial charge >= 0.3 is 0 Å². The molecule has 0 spiro atoms. The molecule has 0 radical (unpaired) electrons. The van der Waals surface area contributed by atoms with E-state index < -0.39 is 0 Å². The molecule has 2 aromatic rings. The van der Waals surface area contributed by atoms with E-state index in [0.29, 0.717) is 10.6 Å². The molecule has 0 saturated heterocycles. The fourth-order valence-electron chi connectivity index (χ4n) is 1.43. The highest BCUT2D eigenvalue weighted by atomic mass is 35.5. The number of hydrogen-bond acceptors (Lipinski definition) is 1. The van der Waals surface area contributed by atoms with Crippen molar-refractivity contribution in [2.24, 2.45) is 0 Å². The SMILES string of the molecule is N#C/C(=C/c1ccc[nH]1)c1cccc(Cl)c1. The summed E-state index contributed by atoms with van der Waals surface area (Å²) in [7, 11) is 0. The monoisotopic (exact) mass is 228 g/mol. The van der Waals surface area contributed by atoms with Crippen LogP contribution in [0.2, 0.25) is 5.02 Å². The molecule has 0 aliphatic carbocycles. The van der Waals surface area contributed by atoms with Crippen molar-refractivity contribution in [3.8, 4) is 6.07 Å². The fraction of sp³-hybridized carbons (Fsp3) is 0. The van der Waals surface area contributed by atoms with Crippen molar-refractivity contribution < 1.29 is 0 Å². The van der Waals surface area contributed by atoms with Crippen LogP contribution in [0.5, 0.6) is 0 Å². The van der Waals surface area contributed by atoms with E-state index >= 15 is 0 Å². The molecule has 0 fully saturated rings. The van der Waals surface area contributed by atoms with Gasteiger partial charge in [0.15, 0.2) is 0 Å². The van der Waals surface area contributed by atoms with Gasteiger partial charge < -0.3 is 4.98 Å². The summed E-state index contributed by atoms with van der Waals surface area (Å²) >= 11 is 5.88. The highest BCUT2D eigenvalue weighted by Crippen LogP contribution is 2.20. The average molecular weight is 229 g/mol. The topological polar surface area (TPSA) is 39.6 Å². The van der Waals surface area contributed by atoms with Crippen LogP contribution in [-0.4, -0.2) is 4.98 Å². The first-order valence-corrected chi connectivity index (χ1v) is 5.18. The smallest absolute Gasteiger partial charge is 0.0998 e. The van der Waals surface area contributed by atoms with E-state index in [2.05, 4.69) is 11.1 Å². The van der Waals surface area contributed by atoms with Crippen LogP contribution in [0.3, 0.4) is 0 Å². The number of rotatable bonds is 2. The van der Waals surface area contributed by atoms with Crippen molar-refractivity contribution in [1.82, 2.24) is 4.98 Å². The summed E-state index contributed by atoms with van der Waals surface area (Å²) in [5, 5.41) is 9.72. The van der Waals surface area contributed by atoms with Crippen LogP contribution in [-0.2, 0) is 0 Å². The highest BCUT2D eigenvalue weighted by Gasteiger charge is 2.01. The first kappa shape index (κ1) is 10.5. The van der Waals surface area contributed by atoms with Crippen molar-refractivity contribution in [2.75, 3.05) is 0 Å². The number of aromatic nitrogens is 1. The van der Waals surface area contributed by atoms with Crippen LogP contribution in [0.1, 0.15) is 11.3 Å². The molecule has 0 unspecified atom stereocenters. The number of aromatic amines is 1. The number of hydrogen-bond donors (Lipinski definition) is 1. The van der Waals surface area contributed by atoms with Crippen LogP contribution in [0, 0.1) is 11.3 Å². The lowest BCUT2D eigenvalue weighted by Crippen LogP contribution is -1.81. The summed E-state index contributed by atoms with van der Waals surface area (Å²) in [6.07, 6.45) is 3.62. The number of nitrogens with one attached hydrogen (secondary N) is 1. The van der Waals surface area contributed by atoms with Gasteiger partial charge in [-0.25, -0.2) is 0 Å². The van der Waals surface area contributed by atoms with E-state index in [0.717, 1.165) is 11.3 Å². The molecule has 1 aromatic carbocycles. The van der Waals surface area contributed by atoms with Gasteiger partial charge in [0.1, 0.15) is 0 Å². The van der Waals surface area contributed by atoms with Crippen molar-refractivity contribution in [1.29, 1.82) is 5.26 Å². The summed E-state index contributed by atoms with van der Waals surface area (Å²) in [6.45, 7) is 0. The molecular formula is C13H9ClN2. The number of H-pyrrole nitrogens is 1. The molecule has 0 amide bonds. The summed E-state index contributed by atoms with van der Waals surface area (Å²) in [4.78, 5) is 3.03. The molecule has 3 heteroatoms. The molecule has 2 rings (SSSR count). The number of allylic oxidation sites excluding steroid dienone is 1. The van der Waals surface area contributed by atoms with Gasteiger partial charge in [0.05, 0.1) is 11.6 Å². The molecule has 78 valence electrons. The van der Waals surface area contributed by atoms with Crippen LogP contribution in [0.25, 0.3) is 11.6 Å². The van der Waals surface area contributed by atoms with Crippen molar-refractivity contribution >= 4 is 23.3 Å². The maximum absolute atomic E-state index is 9.09. The second kappa shape index (κ2) is 4.69. The predicted octanol–water partition coefficient (Wildman–Crippen LogP) is 3.73. The minimum atomic E-state index is 0.588. The first-order chi connectivity index (χ1) is 7.79. The fourth-order valence-corrected chi connectivity index (χ4v) is 1.62. The summed E-state index contributed by atoms with van der Waals surface area (Å²) in [5.74, 6) is 0. The third-order valence-corrected chi connectivity index (χ3v) is 2.41. The zero-order valence-electron chi connectivity index (χ0n) is 8.44. The molecule has 0 aliphatic heterocycles. The Morgan fingerprint density at radius 1 is 1.31 bits per heavy atom. The Bertz CT molecular complexity index is 548. The standard InChI is InChI=1S/C13H9ClN2/c14-12-4-1-3-10(7-12)11(9-15)8-13-5-2-6-16-13/h1-8,16H/b11-8-. The summed E-state index contributed by atoms with van der Waals surface area (Å²) in [5.41, 5.74) is 2.31. The zero-order chi connectivity index (χ0) is 11.4. The maximum atomic E-state index is 9.09. The van der Waals surface area contributed by atoms with E-state index in [1.165, 1.54) is 0 Å². The van der Waals surface area contributed by atoms with Gasteiger partial charge in [-0.1, -0.05) is 23.7 Å². The van der Waals surface area contributed by atoms with Crippen LogP contribution >= 0.6 is 11.6 Å². The molecule has 0 atom stereocenters. The highest BCUT2D eigenvalue weighted by molar-refractivity contribution is 6.30. The van der Waals surface area contributed by atoms with E-state index in [4.69, 9.17) is 16.9 Å². The van der Waals surface area contributed by atoms with E-state index in [1.807, 2.05) is 30.5 Å². The third-order valence-electron chi connectivity index (χ3n) is 2.18. The Balaban J connectivity index is 2.41. The molecule has 0 saturated carbocycles. The van der Waals surface area contributed by atoms with Gasteiger partial charge in [-0.05, 0) is 35.9 Å². The molecule has 16 heavy (non-hydrogen) atoms. The van der Waals surface area contributed by atoms with E-state index in [-0.39, 0.29) is 0 Å². The minimum Gasteiger partial charge on any atom is -0.362 e. The van der Waals surface area contributed by atoms with E-state index in [9.17, 15) is 0 Å². The number of nitrogens with zero attached hydrogens (tertiary/aromatic N) is 1. The normalized spacial score (nSPS) is 11.1. The molecule has 0 aliphatic rings. The lowest BCUT2D eigenvalue weighted by Gasteiger charge is -1.99. The van der Waals surface area contributed by atoms with Crippen molar-refractivity contribution in [3.63, 3.8) is 0 Å². The Labute approximate surface area is 98.8 Å². The molecule has 1 heterocycles. The van der Waals surface area contributed by atoms with Crippen LogP contribution in [0.15, 0.2) is 42.6 Å². The van der Waals surface area contributed by atoms with Crippen molar-refractivity contribution in [2.45, 2.75) is 0 Å². The Kier molecular flexibility index (Phi) is 3.09. The summed E-state index contributed by atoms with van der Waals surface area (Å²) < 4.78 is 0. The van der Waals surface area contributed by atoms with E-state index in [1.54, 1.807) is 18.2 Å². The summed E-state index contributed by atoms with van der Waals surface area (Å²) in [6, 6.07) is 13.2. The quantitative estimate of drug-likeness (QED) is 0.782. The van der Waals surface area contributed by atoms with Gasteiger partial charge in [0.25, 0.3) is 0 Å². The van der Waals surface area contributed by atoms with Crippen LogP contribution in [0.4, 0.5) is 0 Å². The van der Waals surface area contributed by atoms with Crippen LogP contribution < -0.4 is 0 Å². The zero-order valence-corrected chi connectivity index (χ0v) is 9.20. The van der Waals surface area contributed by atoms with Gasteiger partial charge in [0, 0.05) is 16.9 Å². The van der Waals surface area contributed by atoms with Gasteiger partial charge in [-0.3, -0.25) is 0 Å². The lowest BCUT2D eigenvalue weighted by molar-refractivity contribution is 1.38. The Hall–Kier alpha value is -1.98. The Morgan fingerprint density at radius 3 is 2.81 bits per heavy atom. The molecule has 1 aromatic heterocycles. The molecule has 2 nitrogen and oxygen atoms in total. The molecule has 0 bridgehead atoms. The van der Waals surface area contributed by atoms with Gasteiger partial charge in [-0.15, -0.1) is 0 Å². The van der Waals surface area contributed by atoms with Gasteiger partial charge in [0.2, 0.25) is 0 Å². The number of benzene rings is 1. The Morgan fingerprint density at radius 2 is 2.19 bits per heavy atom. The molecule has 1 N–H and O–H groups in total. The third kappa shape index (κ3) is 2.33. The maximum Gasteiger partial charge on any atom is 0.0998 e. The minimum absolute atomic E-state index is 0.588. The number of nitriles is 1. The number of halogens is 1. The largest absolute Gasteiger partial charge is 0.362 e. The van der Waals surface area contributed by atoms with Gasteiger partial charge in [-0.2, -0.15) is 5.26 Å². The second-order valence-electron chi connectivity index (χ2n) is 3.31. The lowest BCUT2D eigenvalue weighted by atomic mass is 10.1. The molecular weight excluding hydrogens is 220 g/mol.